The lowest BCUT2D eigenvalue weighted by Crippen LogP contribution is -2.47. The summed E-state index contributed by atoms with van der Waals surface area (Å²) in [5.74, 6) is 0.0437. The Morgan fingerprint density at radius 1 is 1.03 bits per heavy atom. The fourth-order valence-electron chi connectivity index (χ4n) is 3.28. The van der Waals surface area contributed by atoms with E-state index in [0.29, 0.717) is 11.3 Å². The summed E-state index contributed by atoms with van der Waals surface area (Å²) in [5, 5.41) is 0.0201. The van der Waals surface area contributed by atoms with E-state index in [1.807, 2.05) is 25.1 Å². The van der Waals surface area contributed by atoms with Gasteiger partial charge >= 0.3 is 0 Å². The van der Waals surface area contributed by atoms with Crippen LogP contribution in [0, 0.1) is 10.8 Å². The van der Waals surface area contributed by atoms with Gasteiger partial charge in [-0.25, -0.2) is 8.42 Å². The molecule has 0 spiro atoms. The maximum absolute atomic E-state index is 12.9. The molecule has 2 rings (SSSR count). The molecule has 0 amide bonds. The third-order valence-electron chi connectivity index (χ3n) is 6.96. The SMILES string of the molecule is CC1(/C=C\C(O[Si](C)(C)C(C)(C)C)C(C)(C)CCS(=O)(=O)c2ccccc2)C=CC(=O)C=C1. The molecule has 1 aromatic rings. The maximum Gasteiger partial charge on any atom is 0.192 e. The topological polar surface area (TPSA) is 60.4 Å². The minimum Gasteiger partial charge on any atom is -0.410 e. The Morgan fingerprint density at radius 3 is 2.09 bits per heavy atom. The molecule has 182 valence electrons. The van der Waals surface area contributed by atoms with E-state index < -0.39 is 23.6 Å². The van der Waals surface area contributed by atoms with Crippen molar-refractivity contribution in [3.05, 3.63) is 66.8 Å². The van der Waals surface area contributed by atoms with E-state index in [4.69, 9.17) is 4.43 Å². The average Bonchev–Trinajstić information content (AvgIpc) is 2.72. The summed E-state index contributed by atoms with van der Waals surface area (Å²) in [4.78, 5) is 11.9. The van der Waals surface area contributed by atoms with Crippen molar-refractivity contribution in [2.24, 2.45) is 10.8 Å². The van der Waals surface area contributed by atoms with Crippen molar-refractivity contribution in [2.45, 2.75) is 77.1 Å². The number of benzene rings is 1. The first-order valence-corrected chi connectivity index (χ1v) is 16.1. The van der Waals surface area contributed by atoms with E-state index in [1.165, 1.54) is 0 Å². The molecule has 1 aliphatic carbocycles. The Morgan fingerprint density at radius 2 is 1.58 bits per heavy atom. The lowest BCUT2D eigenvalue weighted by molar-refractivity contribution is -0.110. The van der Waals surface area contributed by atoms with Gasteiger partial charge in [0.2, 0.25) is 0 Å². The molecule has 1 atom stereocenters. The van der Waals surface area contributed by atoms with Crippen molar-refractivity contribution in [3.63, 3.8) is 0 Å². The summed E-state index contributed by atoms with van der Waals surface area (Å²) in [6, 6.07) is 8.62. The van der Waals surface area contributed by atoms with Crippen LogP contribution in [-0.2, 0) is 19.1 Å². The number of rotatable bonds is 9. The first-order chi connectivity index (χ1) is 15.0. The molecule has 0 saturated carbocycles. The van der Waals surface area contributed by atoms with E-state index in [2.05, 4.69) is 59.9 Å². The normalized spacial score (nSPS) is 18.1. The van der Waals surface area contributed by atoms with E-state index in [0.717, 1.165) is 0 Å². The van der Waals surface area contributed by atoms with Gasteiger partial charge in [-0.3, -0.25) is 4.79 Å². The second-order valence-corrected chi connectivity index (χ2v) is 18.3. The summed E-state index contributed by atoms with van der Waals surface area (Å²) in [6.45, 7) is 17.2. The molecule has 1 aliphatic rings. The van der Waals surface area contributed by atoms with Gasteiger partial charge in [-0.2, -0.15) is 0 Å². The Hall–Kier alpha value is -1.76. The quantitative estimate of drug-likeness (QED) is 0.293. The highest BCUT2D eigenvalue weighted by Crippen LogP contribution is 2.41. The number of carbonyl (C=O) groups is 1. The van der Waals surface area contributed by atoms with Gasteiger partial charge in [-0.15, -0.1) is 0 Å². The molecule has 0 fully saturated rings. The molecule has 0 bridgehead atoms. The van der Waals surface area contributed by atoms with Crippen molar-refractivity contribution in [1.82, 2.24) is 0 Å². The lowest BCUT2D eigenvalue weighted by Gasteiger charge is -2.43. The summed E-state index contributed by atoms with van der Waals surface area (Å²) >= 11 is 0. The van der Waals surface area contributed by atoms with Crippen molar-refractivity contribution in [2.75, 3.05) is 5.75 Å². The monoisotopic (exact) mass is 488 g/mol. The molecule has 33 heavy (non-hydrogen) atoms. The zero-order chi connectivity index (χ0) is 25.1. The summed E-state index contributed by atoms with van der Waals surface area (Å²) in [7, 11) is -5.51. The van der Waals surface area contributed by atoms with Crippen molar-refractivity contribution in [1.29, 1.82) is 0 Å². The molecular weight excluding hydrogens is 448 g/mol. The molecule has 0 aromatic heterocycles. The van der Waals surface area contributed by atoms with Gasteiger partial charge < -0.3 is 4.43 Å². The second-order valence-electron chi connectivity index (χ2n) is 11.5. The predicted octanol–water partition coefficient (Wildman–Crippen LogP) is 6.52. The molecule has 0 saturated heterocycles. The van der Waals surface area contributed by atoms with Gasteiger partial charge in [0.25, 0.3) is 0 Å². The summed E-state index contributed by atoms with van der Waals surface area (Å²) in [5.41, 5.74) is -0.794. The molecule has 0 N–H and O–H groups in total. The fourth-order valence-corrected chi connectivity index (χ4v) is 6.27. The molecular formula is C27H40O4SSi. The first-order valence-electron chi connectivity index (χ1n) is 11.5. The highest BCUT2D eigenvalue weighted by atomic mass is 32.2. The van der Waals surface area contributed by atoms with Crippen LogP contribution in [0.15, 0.2) is 71.7 Å². The van der Waals surface area contributed by atoms with E-state index in [9.17, 15) is 13.2 Å². The van der Waals surface area contributed by atoms with Crippen LogP contribution in [0.1, 0.15) is 48.0 Å². The molecule has 1 aromatic carbocycles. The van der Waals surface area contributed by atoms with Gasteiger partial charge in [0.05, 0.1) is 16.8 Å². The van der Waals surface area contributed by atoms with E-state index in [1.54, 1.807) is 36.4 Å². The summed E-state index contributed by atoms with van der Waals surface area (Å²) in [6.07, 6.45) is 11.3. The van der Waals surface area contributed by atoms with Crippen LogP contribution in [0.4, 0.5) is 0 Å². The van der Waals surface area contributed by atoms with Crippen molar-refractivity contribution in [3.8, 4) is 0 Å². The Kier molecular flexibility index (Phi) is 8.20. The van der Waals surface area contributed by atoms with Crippen LogP contribution >= 0.6 is 0 Å². The molecule has 0 aliphatic heterocycles. The molecule has 0 heterocycles. The molecule has 1 unspecified atom stereocenters. The van der Waals surface area contributed by atoms with Crippen LogP contribution < -0.4 is 0 Å². The fraction of sp³-hybridized carbons (Fsp3) is 0.519. The van der Waals surface area contributed by atoms with E-state index >= 15 is 0 Å². The zero-order valence-electron chi connectivity index (χ0n) is 21.4. The molecule has 6 heteroatoms. The van der Waals surface area contributed by atoms with Gasteiger partial charge in [-0.1, -0.05) is 77.1 Å². The lowest BCUT2D eigenvalue weighted by atomic mass is 9.80. The minimum absolute atomic E-state index is 0.0126. The highest BCUT2D eigenvalue weighted by Gasteiger charge is 2.42. The minimum atomic E-state index is -3.38. The van der Waals surface area contributed by atoms with Gasteiger partial charge in [0.15, 0.2) is 23.9 Å². The van der Waals surface area contributed by atoms with Gasteiger partial charge in [0.1, 0.15) is 0 Å². The Bertz CT molecular complexity index is 1010. The number of hydrogen-bond acceptors (Lipinski definition) is 4. The Balaban J connectivity index is 2.32. The smallest absolute Gasteiger partial charge is 0.192 e. The molecule has 4 nitrogen and oxygen atoms in total. The maximum atomic E-state index is 12.9. The van der Waals surface area contributed by atoms with Crippen LogP contribution in [0.3, 0.4) is 0 Å². The van der Waals surface area contributed by atoms with Crippen LogP contribution in [0.25, 0.3) is 0 Å². The van der Waals surface area contributed by atoms with Crippen LogP contribution in [0.2, 0.25) is 18.1 Å². The highest BCUT2D eigenvalue weighted by molar-refractivity contribution is 7.91. The van der Waals surface area contributed by atoms with Crippen molar-refractivity contribution < 1.29 is 17.6 Å². The van der Waals surface area contributed by atoms with Gasteiger partial charge in [0, 0.05) is 5.41 Å². The van der Waals surface area contributed by atoms with E-state index in [-0.39, 0.29) is 28.1 Å². The standard InChI is InChI=1S/C27H40O4SSi/c1-25(2,3)33(7,8)31-24(16-19-27(6)17-14-22(28)15-18-27)26(4,5)20-21-32(29,30)23-12-10-9-11-13-23/h9-19,24H,20-21H2,1-8H3/b19-16-. The third kappa shape index (κ3) is 7.36. The third-order valence-corrected chi connectivity index (χ3v) is 13.1. The average molecular weight is 489 g/mol. The van der Waals surface area contributed by atoms with Crippen LogP contribution in [0.5, 0.6) is 0 Å². The molecule has 0 radical (unpaired) electrons. The summed E-state index contributed by atoms with van der Waals surface area (Å²) < 4.78 is 32.7. The predicted molar refractivity (Wildman–Crippen MR) is 139 cm³/mol. The first kappa shape index (κ1) is 27.5. The largest absolute Gasteiger partial charge is 0.410 e. The number of hydrogen-bond donors (Lipinski definition) is 0. The number of carbonyl (C=O) groups excluding carboxylic acids is 1. The zero-order valence-corrected chi connectivity index (χ0v) is 23.2. The number of allylic oxidation sites excluding steroid dienone is 5. The van der Waals surface area contributed by atoms with Crippen LogP contribution in [-0.4, -0.2) is 34.4 Å². The Labute approximate surface area is 201 Å². The number of ketones is 1. The number of sulfone groups is 1. The van der Waals surface area contributed by atoms with Crippen molar-refractivity contribution >= 4 is 23.9 Å². The second kappa shape index (κ2) is 9.85. The van der Waals surface area contributed by atoms with Gasteiger partial charge in [-0.05, 0) is 61.2 Å².